The highest BCUT2D eigenvalue weighted by Gasteiger charge is 2.16. The molecule has 8 heteroatoms. The summed E-state index contributed by atoms with van der Waals surface area (Å²) in [4.78, 5) is 22.0. The van der Waals surface area contributed by atoms with Gasteiger partial charge < -0.3 is 15.2 Å². The average Bonchev–Trinajstić information content (AvgIpc) is 2.57. The Labute approximate surface area is 152 Å². The van der Waals surface area contributed by atoms with Crippen LogP contribution in [0.4, 0.5) is 11.4 Å². The molecule has 0 aliphatic rings. The molecule has 138 valence electrons. The summed E-state index contributed by atoms with van der Waals surface area (Å²) in [5, 5.41) is 12.8. The maximum Gasteiger partial charge on any atom is 0.261 e. The van der Waals surface area contributed by atoms with Gasteiger partial charge in [0.25, 0.3) is 10.0 Å². The topological polar surface area (TPSA) is 115 Å². The van der Waals surface area contributed by atoms with Gasteiger partial charge in [-0.1, -0.05) is 18.2 Å². The predicted octanol–water partition coefficient (Wildman–Crippen LogP) is 1.57. The lowest BCUT2D eigenvalue weighted by Gasteiger charge is -2.13. The summed E-state index contributed by atoms with van der Waals surface area (Å²) >= 11 is 0. The van der Waals surface area contributed by atoms with E-state index in [9.17, 15) is 23.1 Å². The Balaban J connectivity index is 2.11. The molecule has 0 spiro atoms. The molecule has 0 saturated heterocycles. The summed E-state index contributed by atoms with van der Waals surface area (Å²) < 4.78 is 27.7. The van der Waals surface area contributed by atoms with E-state index < -0.39 is 21.9 Å². The summed E-state index contributed by atoms with van der Waals surface area (Å²) in [5.74, 6) is -1.79. The van der Waals surface area contributed by atoms with Crippen LogP contribution in [0.15, 0.2) is 47.4 Å². The van der Waals surface area contributed by atoms with Gasteiger partial charge in [-0.15, -0.1) is 0 Å². The number of sulfonamides is 1. The van der Waals surface area contributed by atoms with Gasteiger partial charge in [-0.2, -0.15) is 0 Å². The zero-order chi connectivity index (χ0) is 19.3. The highest BCUT2D eigenvalue weighted by atomic mass is 32.2. The number of benzene rings is 2. The van der Waals surface area contributed by atoms with Crippen molar-refractivity contribution in [2.75, 3.05) is 10.0 Å². The molecule has 0 heterocycles. The number of nitrogens with one attached hydrogen (secondary N) is 2. The second kappa shape index (κ2) is 8.01. The van der Waals surface area contributed by atoms with Gasteiger partial charge in [-0.3, -0.25) is 9.52 Å². The third-order valence-electron chi connectivity index (χ3n) is 3.72. The Bertz CT molecular complexity index is 901. The van der Waals surface area contributed by atoms with Crippen LogP contribution >= 0.6 is 0 Å². The van der Waals surface area contributed by atoms with E-state index in [-0.39, 0.29) is 17.7 Å². The van der Waals surface area contributed by atoms with Crippen molar-refractivity contribution < 1.29 is 23.1 Å². The lowest BCUT2D eigenvalue weighted by atomic mass is 10.1. The fraction of sp³-hybridized carbons (Fsp3) is 0.222. The molecular weight excluding hydrogens is 356 g/mol. The highest BCUT2D eigenvalue weighted by Crippen LogP contribution is 2.24. The molecule has 0 aliphatic heterocycles. The standard InChI is InChI=1S/C18H20N2O5S/c1-12-4-3-5-13(2)18(12)20-26(24,25)15-8-6-14(7-9-15)19-16(21)10-11-17(22)23/h3-9,20H,10-11H2,1-2H3,(H,19,21)(H,22,23)/p-1. The van der Waals surface area contributed by atoms with E-state index in [0.29, 0.717) is 11.4 Å². The van der Waals surface area contributed by atoms with Crippen molar-refractivity contribution in [1.29, 1.82) is 0 Å². The number of carboxylic acids is 1. The molecule has 2 rings (SSSR count). The van der Waals surface area contributed by atoms with E-state index in [0.717, 1.165) is 11.1 Å². The van der Waals surface area contributed by atoms with Crippen molar-refractivity contribution in [2.24, 2.45) is 0 Å². The van der Waals surface area contributed by atoms with Crippen LogP contribution in [-0.2, 0) is 19.6 Å². The molecule has 26 heavy (non-hydrogen) atoms. The summed E-state index contributed by atoms with van der Waals surface area (Å²) in [6.45, 7) is 3.63. The first-order valence-corrected chi connectivity index (χ1v) is 9.36. The van der Waals surface area contributed by atoms with Crippen molar-refractivity contribution in [2.45, 2.75) is 31.6 Å². The second-order valence-electron chi connectivity index (χ2n) is 5.82. The first kappa shape index (κ1) is 19.5. The van der Waals surface area contributed by atoms with Crippen LogP contribution in [0.2, 0.25) is 0 Å². The van der Waals surface area contributed by atoms with Crippen molar-refractivity contribution in [3.63, 3.8) is 0 Å². The molecule has 1 amide bonds. The molecule has 2 N–H and O–H groups in total. The molecular formula is C18H19N2O5S-. The minimum atomic E-state index is -3.77. The Morgan fingerprint density at radius 2 is 1.54 bits per heavy atom. The van der Waals surface area contributed by atoms with Gasteiger partial charge in [-0.05, 0) is 55.7 Å². The molecule has 0 unspecified atom stereocenters. The number of para-hydroxylation sites is 1. The molecule has 0 aliphatic carbocycles. The van der Waals surface area contributed by atoms with Gasteiger partial charge in [-0.25, -0.2) is 8.42 Å². The third kappa shape index (κ3) is 5.06. The molecule has 7 nitrogen and oxygen atoms in total. The smallest absolute Gasteiger partial charge is 0.261 e. The van der Waals surface area contributed by atoms with E-state index in [1.165, 1.54) is 24.3 Å². The summed E-state index contributed by atoms with van der Waals surface area (Å²) in [6, 6.07) is 11.1. The molecule has 0 fully saturated rings. The van der Waals surface area contributed by atoms with Crippen LogP contribution in [-0.4, -0.2) is 20.3 Å². The molecule has 0 saturated carbocycles. The number of amides is 1. The molecule has 2 aromatic carbocycles. The van der Waals surface area contributed by atoms with E-state index in [4.69, 9.17) is 0 Å². The minimum Gasteiger partial charge on any atom is -0.550 e. The first-order valence-electron chi connectivity index (χ1n) is 7.88. The number of aryl methyl sites for hydroxylation is 2. The van der Waals surface area contributed by atoms with Crippen LogP contribution in [0.5, 0.6) is 0 Å². The van der Waals surface area contributed by atoms with Gasteiger partial charge in [0.1, 0.15) is 0 Å². The summed E-state index contributed by atoms with van der Waals surface area (Å²) in [7, 11) is -3.77. The van der Waals surface area contributed by atoms with Crippen molar-refractivity contribution >= 4 is 33.3 Å². The predicted molar refractivity (Wildman–Crippen MR) is 96.0 cm³/mol. The number of aliphatic carboxylic acids is 1. The normalized spacial score (nSPS) is 11.0. The third-order valence-corrected chi connectivity index (χ3v) is 5.09. The summed E-state index contributed by atoms with van der Waals surface area (Å²) in [6.07, 6.45) is -0.589. The SMILES string of the molecule is Cc1cccc(C)c1NS(=O)(=O)c1ccc(NC(=O)CCC(=O)[O-])cc1. The molecule has 0 aromatic heterocycles. The zero-order valence-electron chi connectivity index (χ0n) is 14.4. The largest absolute Gasteiger partial charge is 0.550 e. The van der Waals surface area contributed by atoms with Crippen LogP contribution in [0.25, 0.3) is 0 Å². The van der Waals surface area contributed by atoms with Gasteiger partial charge in [0.2, 0.25) is 5.91 Å². The average molecular weight is 375 g/mol. The first-order chi connectivity index (χ1) is 12.2. The molecule has 0 radical (unpaired) electrons. The molecule has 0 atom stereocenters. The molecule has 0 bridgehead atoms. The number of hydrogen-bond donors (Lipinski definition) is 2. The lowest BCUT2D eigenvalue weighted by Crippen LogP contribution is -2.24. The maximum absolute atomic E-state index is 12.5. The fourth-order valence-electron chi connectivity index (χ4n) is 2.33. The Kier molecular flexibility index (Phi) is 5.99. The van der Waals surface area contributed by atoms with Crippen molar-refractivity contribution in [1.82, 2.24) is 0 Å². The lowest BCUT2D eigenvalue weighted by molar-refractivity contribution is -0.305. The Hall–Kier alpha value is -2.87. The van der Waals surface area contributed by atoms with Crippen molar-refractivity contribution in [3.05, 3.63) is 53.6 Å². The second-order valence-corrected chi connectivity index (χ2v) is 7.50. The van der Waals surface area contributed by atoms with E-state index >= 15 is 0 Å². The minimum absolute atomic E-state index is 0.0490. The number of carbonyl (C=O) groups is 2. The Morgan fingerprint density at radius 3 is 2.08 bits per heavy atom. The van der Waals surface area contributed by atoms with Crippen molar-refractivity contribution in [3.8, 4) is 0 Å². The number of carbonyl (C=O) groups excluding carboxylic acids is 2. The zero-order valence-corrected chi connectivity index (χ0v) is 15.2. The quantitative estimate of drug-likeness (QED) is 0.762. The van der Waals surface area contributed by atoms with Gasteiger partial charge in [0.05, 0.1) is 10.6 Å². The van der Waals surface area contributed by atoms with Crippen LogP contribution < -0.4 is 15.1 Å². The van der Waals surface area contributed by atoms with E-state index in [1.807, 2.05) is 32.0 Å². The number of hydrogen-bond acceptors (Lipinski definition) is 5. The van der Waals surface area contributed by atoms with Gasteiger partial charge >= 0.3 is 0 Å². The number of carboxylic acid groups (broad SMARTS) is 1. The monoisotopic (exact) mass is 375 g/mol. The summed E-state index contributed by atoms with van der Waals surface area (Å²) in [5.41, 5.74) is 2.53. The van der Waals surface area contributed by atoms with Gasteiger partial charge in [0, 0.05) is 18.1 Å². The highest BCUT2D eigenvalue weighted by molar-refractivity contribution is 7.92. The van der Waals surface area contributed by atoms with Gasteiger partial charge in [0.15, 0.2) is 0 Å². The van der Waals surface area contributed by atoms with E-state index in [2.05, 4.69) is 10.0 Å². The number of rotatable bonds is 7. The van der Waals surface area contributed by atoms with Crippen LogP contribution in [0.1, 0.15) is 24.0 Å². The molecule has 2 aromatic rings. The fourth-order valence-corrected chi connectivity index (χ4v) is 3.53. The van der Waals surface area contributed by atoms with Crippen LogP contribution in [0, 0.1) is 13.8 Å². The van der Waals surface area contributed by atoms with E-state index in [1.54, 1.807) is 0 Å². The van der Waals surface area contributed by atoms with Crippen LogP contribution in [0.3, 0.4) is 0 Å². The maximum atomic E-state index is 12.5. The Morgan fingerprint density at radius 1 is 0.962 bits per heavy atom. The number of anilines is 2.